The molecule has 2 aromatic rings. The molecule has 1 amide bonds. The van der Waals surface area contributed by atoms with Crippen molar-refractivity contribution in [2.45, 2.75) is 18.9 Å². The maximum absolute atomic E-state index is 12.2. The van der Waals surface area contributed by atoms with Gasteiger partial charge in [-0.3, -0.25) is 4.79 Å². The highest BCUT2D eigenvalue weighted by Gasteiger charge is 2.23. The van der Waals surface area contributed by atoms with E-state index < -0.39 is 0 Å². The number of nitrogens with one attached hydrogen (secondary N) is 1. The summed E-state index contributed by atoms with van der Waals surface area (Å²) in [7, 11) is 1.88. The molecular formula is C15H15BrN2O. The van der Waals surface area contributed by atoms with Crippen LogP contribution in [0.2, 0.25) is 0 Å². The third kappa shape index (κ3) is 2.45. The quantitative estimate of drug-likeness (QED) is 0.907. The summed E-state index contributed by atoms with van der Waals surface area (Å²) in [4.78, 5) is 12.2. The van der Waals surface area contributed by atoms with Crippen molar-refractivity contribution in [1.29, 1.82) is 0 Å². The highest BCUT2D eigenvalue weighted by Crippen LogP contribution is 2.22. The molecule has 0 spiro atoms. The Balaban J connectivity index is 1.71. The fourth-order valence-electron chi connectivity index (χ4n) is 2.67. The standard InChI is InChI=1S/C15H15BrN2O/c1-18-9-12(16)8-14(18)15(19)17-13-6-10-4-2-3-5-11(10)7-13/h2-5,8-9,13H,6-7H2,1H3,(H,17,19). The van der Waals surface area contributed by atoms with E-state index in [1.807, 2.05) is 23.9 Å². The summed E-state index contributed by atoms with van der Waals surface area (Å²) >= 11 is 3.39. The van der Waals surface area contributed by atoms with Crippen LogP contribution >= 0.6 is 15.9 Å². The minimum atomic E-state index is -0.00833. The first-order chi connectivity index (χ1) is 9.13. The highest BCUT2D eigenvalue weighted by molar-refractivity contribution is 9.10. The van der Waals surface area contributed by atoms with Crippen LogP contribution in [0.3, 0.4) is 0 Å². The molecule has 0 aliphatic heterocycles. The number of aromatic nitrogens is 1. The molecule has 1 N–H and O–H groups in total. The lowest BCUT2D eigenvalue weighted by molar-refractivity contribution is 0.0930. The number of carbonyl (C=O) groups is 1. The molecule has 1 aromatic heterocycles. The maximum atomic E-state index is 12.2. The number of benzene rings is 1. The van der Waals surface area contributed by atoms with Gasteiger partial charge in [-0.25, -0.2) is 0 Å². The van der Waals surface area contributed by atoms with Crippen LogP contribution < -0.4 is 5.32 Å². The molecule has 0 fully saturated rings. The average Bonchev–Trinajstić information content (AvgIpc) is 2.91. The Morgan fingerprint density at radius 3 is 2.47 bits per heavy atom. The van der Waals surface area contributed by atoms with Gasteiger partial charge >= 0.3 is 0 Å². The van der Waals surface area contributed by atoms with E-state index in [0.29, 0.717) is 5.69 Å². The molecule has 4 heteroatoms. The number of hydrogen-bond donors (Lipinski definition) is 1. The molecule has 98 valence electrons. The number of hydrogen-bond acceptors (Lipinski definition) is 1. The first kappa shape index (κ1) is 12.5. The van der Waals surface area contributed by atoms with E-state index in [4.69, 9.17) is 0 Å². The number of halogens is 1. The van der Waals surface area contributed by atoms with Gasteiger partial charge in [-0.1, -0.05) is 24.3 Å². The predicted molar refractivity (Wildman–Crippen MR) is 78.2 cm³/mol. The Bertz CT molecular complexity index is 608. The second-order valence-electron chi connectivity index (χ2n) is 5.00. The van der Waals surface area contributed by atoms with Crippen LogP contribution in [0.4, 0.5) is 0 Å². The molecule has 1 heterocycles. The highest BCUT2D eigenvalue weighted by atomic mass is 79.9. The molecule has 1 aromatic carbocycles. The zero-order valence-electron chi connectivity index (χ0n) is 10.7. The van der Waals surface area contributed by atoms with E-state index in [1.165, 1.54) is 11.1 Å². The number of carbonyl (C=O) groups excluding carboxylic acids is 1. The summed E-state index contributed by atoms with van der Waals surface area (Å²) in [5.41, 5.74) is 3.38. The summed E-state index contributed by atoms with van der Waals surface area (Å²) in [5, 5.41) is 3.12. The minimum absolute atomic E-state index is 0.00833. The number of amides is 1. The van der Waals surface area contributed by atoms with Crippen LogP contribution in [-0.2, 0) is 19.9 Å². The van der Waals surface area contributed by atoms with Gasteiger partial charge < -0.3 is 9.88 Å². The van der Waals surface area contributed by atoms with Crippen LogP contribution in [0, 0.1) is 0 Å². The lowest BCUT2D eigenvalue weighted by atomic mass is 10.1. The summed E-state index contributed by atoms with van der Waals surface area (Å²) in [6.45, 7) is 0. The van der Waals surface area contributed by atoms with E-state index in [2.05, 4.69) is 45.5 Å². The van der Waals surface area contributed by atoms with Gasteiger partial charge in [0.2, 0.25) is 0 Å². The minimum Gasteiger partial charge on any atom is -0.347 e. The van der Waals surface area contributed by atoms with E-state index in [1.54, 1.807) is 0 Å². The Hall–Kier alpha value is -1.55. The Labute approximate surface area is 120 Å². The zero-order chi connectivity index (χ0) is 13.4. The third-order valence-corrected chi connectivity index (χ3v) is 4.02. The van der Waals surface area contributed by atoms with E-state index in [-0.39, 0.29) is 11.9 Å². The van der Waals surface area contributed by atoms with Crippen molar-refractivity contribution in [2.75, 3.05) is 0 Å². The van der Waals surface area contributed by atoms with Crippen molar-refractivity contribution in [1.82, 2.24) is 9.88 Å². The molecule has 3 rings (SSSR count). The molecule has 0 unspecified atom stereocenters. The number of fused-ring (bicyclic) bond motifs is 1. The Kier molecular flexibility index (Phi) is 3.19. The summed E-state index contributed by atoms with van der Waals surface area (Å²) in [6, 6.07) is 10.4. The maximum Gasteiger partial charge on any atom is 0.268 e. The number of aryl methyl sites for hydroxylation is 1. The Morgan fingerprint density at radius 2 is 1.95 bits per heavy atom. The van der Waals surface area contributed by atoms with Gasteiger partial charge in [0.15, 0.2) is 0 Å². The second kappa shape index (κ2) is 4.85. The predicted octanol–water partition coefficient (Wildman–Crippen LogP) is 2.68. The van der Waals surface area contributed by atoms with Crippen molar-refractivity contribution >= 4 is 21.8 Å². The van der Waals surface area contributed by atoms with Gasteiger partial charge in [-0.05, 0) is 46.0 Å². The molecule has 0 saturated carbocycles. The van der Waals surface area contributed by atoms with Crippen molar-refractivity contribution in [3.05, 3.63) is 57.8 Å². The second-order valence-corrected chi connectivity index (χ2v) is 5.92. The fraction of sp³-hybridized carbons (Fsp3) is 0.267. The number of rotatable bonds is 2. The van der Waals surface area contributed by atoms with Crippen LogP contribution in [-0.4, -0.2) is 16.5 Å². The number of nitrogens with zero attached hydrogens (tertiary/aromatic N) is 1. The van der Waals surface area contributed by atoms with Gasteiger partial charge in [-0.2, -0.15) is 0 Å². The summed E-state index contributed by atoms with van der Waals surface area (Å²) in [6.07, 6.45) is 3.74. The molecule has 1 aliphatic rings. The molecule has 19 heavy (non-hydrogen) atoms. The molecular weight excluding hydrogens is 304 g/mol. The van der Waals surface area contributed by atoms with Crippen LogP contribution in [0.1, 0.15) is 21.6 Å². The lowest BCUT2D eigenvalue weighted by Crippen LogP contribution is -2.36. The van der Waals surface area contributed by atoms with Gasteiger partial charge in [0, 0.05) is 23.8 Å². The zero-order valence-corrected chi connectivity index (χ0v) is 12.3. The van der Waals surface area contributed by atoms with Gasteiger partial charge in [0.05, 0.1) is 0 Å². The van der Waals surface area contributed by atoms with E-state index in [0.717, 1.165) is 17.3 Å². The Morgan fingerprint density at radius 1 is 1.32 bits per heavy atom. The largest absolute Gasteiger partial charge is 0.347 e. The topological polar surface area (TPSA) is 34.0 Å². The molecule has 0 bridgehead atoms. The van der Waals surface area contributed by atoms with Gasteiger partial charge in [0.25, 0.3) is 5.91 Å². The SMILES string of the molecule is Cn1cc(Br)cc1C(=O)NC1Cc2ccccc2C1. The monoisotopic (exact) mass is 318 g/mol. The lowest BCUT2D eigenvalue weighted by Gasteiger charge is -2.12. The molecule has 0 saturated heterocycles. The van der Waals surface area contributed by atoms with Crippen molar-refractivity contribution in [3.8, 4) is 0 Å². The van der Waals surface area contributed by atoms with Crippen molar-refractivity contribution in [2.24, 2.45) is 7.05 Å². The van der Waals surface area contributed by atoms with Gasteiger partial charge in [-0.15, -0.1) is 0 Å². The average molecular weight is 319 g/mol. The van der Waals surface area contributed by atoms with Crippen molar-refractivity contribution in [3.63, 3.8) is 0 Å². The first-order valence-corrected chi connectivity index (χ1v) is 7.12. The van der Waals surface area contributed by atoms with E-state index >= 15 is 0 Å². The van der Waals surface area contributed by atoms with Crippen molar-refractivity contribution < 1.29 is 4.79 Å². The summed E-state index contributed by atoms with van der Waals surface area (Å²) < 4.78 is 2.76. The van der Waals surface area contributed by atoms with Crippen LogP contribution in [0.15, 0.2) is 41.0 Å². The molecule has 3 nitrogen and oxygen atoms in total. The smallest absolute Gasteiger partial charge is 0.268 e. The van der Waals surface area contributed by atoms with Crippen LogP contribution in [0.25, 0.3) is 0 Å². The van der Waals surface area contributed by atoms with E-state index in [9.17, 15) is 4.79 Å². The molecule has 1 aliphatic carbocycles. The van der Waals surface area contributed by atoms with Gasteiger partial charge in [0.1, 0.15) is 5.69 Å². The third-order valence-electron chi connectivity index (χ3n) is 3.59. The first-order valence-electron chi connectivity index (χ1n) is 6.33. The van der Waals surface area contributed by atoms with Crippen LogP contribution in [0.5, 0.6) is 0 Å². The molecule has 0 atom stereocenters. The summed E-state index contributed by atoms with van der Waals surface area (Å²) in [5.74, 6) is -0.00833. The normalized spacial score (nSPS) is 14.4. The molecule has 0 radical (unpaired) electrons. The fourth-order valence-corrected chi connectivity index (χ4v) is 3.19.